The van der Waals surface area contributed by atoms with E-state index in [-0.39, 0.29) is 17.7 Å². The van der Waals surface area contributed by atoms with Gasteiger partial charge in [-0.05, 0) is 33.3 Å². The molecule has 0 radical (unpaired) electrons. The van der Waals surface area contributed by atoms with E-state index < -0.39 is 0 Å². The first-order chi connectivity index (χ1) is 10.4. The molecule has 7 nitrogen and oxygen atoms in total. The van der Waals surface area contributed by atoms with Gasteiger partial charge in [0.1, 0.15) is 5.56 Å². The van der Waals surface area contributed by atoms with E-state index >= 15 is 0 Å². The van der Waals surface area contributed by atoms with E-state index in [0.29, 0.717) is 36.4 Å². The van der Waals surface area contributed by atoms with Crippen LogP contribution in [0.3, 0.4) is 0 Å². The van der Waals surface area contributed by atoms with E-state index in [2.05, 4.69) is 10.1 Å². The lowest BCUT2D eigenvalue weighted by atomic mass is 10.1. The number of hydrogen-bond acceptors (Lipinski definition) is 4. The molecule has 22 heavy (non-hydrogen) atoms. The molecule has 116 valence electrons. The summed E-state index contributed by atoms with van der Waals surface area (Å²) >= 11 is 0. The van der Waals surface area contributed by atoms with Crippen molar-refractivity contribution < 1.29 is 9.59 Å². The zero-order valence-electron chi connectivity index (χ0n) is 13.0. The van der Waals surface area contributed by atoms with Crippen LogP contribution in [0.2, 0.25) is 0 Å². The highest BCUT2D eigenvalue weighted by atomic mass is 16.2. The largest absolute Gasteiger partial charge is 0.369 e. The monoisotopic (exact) mass is 301 g/mol. The van der Waals surface area contributed by atoms with Crippen molar-refractivity contribution >= 4 is 17.5 Å². The minimum absolute atomic E-state index is 0.131. The minimum atomic E-state index is -0.350. The fourth-order valence-corrected chi connectivity index (χ4v) is 3.01. The Morgan fingerprint density at radius 1 is 1.32 bits per heavy atom. The third-order valence-electron chi connectivity index (χ3n) is 4.16. The van der Waals surface area contributed by atoms with Crippen molar-refractivity contribution in [3.63, 3.8) is 0 Å². The molecule has 1 aliphatic heterocycles. The zero-order valence-corrected chi connectivity index (χ0v) is 13.0. The molecule has 0 bridgehead atoms. The maximum Gasteiger partial charge on any atom is 0.259 e. The average molecular weight is 301 g/mol. The first kappa shape index (κ1) is 14.5. The topological polar surface area (TPSA) is 93.6 Å². The van der Waals surface area contributed by atoms with E-state index in [4.69, 9.17) is 5.73 Å². The van der Waals surface area contributed by atoms with Gasteiger partial charge >= 0.3 is 0 Å². The van der Waals surface area contributed by atoms with E-state index in [0.717, 1.165) is 11.4 Å². The van der Waals surface area contributed by atoms with Gasteiger partial charge in [0.05, 0.1) is 11.6 Å². The normalized spacial score (nSPS) is 18.1. The standard InChI is InChI=1S/C15H19N5O2/c1-8-6-9(2)20-14(17-8)12(10(3)18-20)15(22)19-5-4-11(7-19)13(16)21/h6,11H,4-5,7H2,1-3H3,(H2,16,21)/t11-/m0/s1. The number of nitrogens with two attached hydrogens (primary N) is 1. The number of fused-ring (bicyclic) bond motifs is 1. The van der Waals surface area contributed by atoms with E-state index in [9.17, 15) is 9.59 Å². The second-order valence-electron chi connectivity index (χ2n) is 5.87. The molecule has 1 fully saturated rings. The third kappa shape index (κ3) is 2.22. The summed E-state index contributed by atoms with van der Waals surface area (Å²) < 4.78 is 1.69. The first-order valence-corrected chi connectivity index (χ1v) is 7.30. The molecular formula is C15H19N5O2. The number of likely N-dealkylation sites (tertiary alicyclic amines) is 1. The summed E-state index contributed by atoms with van der Waals surface area (Å²) in [4.78, 5) is 30.2. The molecule has 0 saturated carbocycles. The zero-order chi connectivity index (χ0) is 16.0. The molecule has 2 N–H and O–H groups in total. The number of hydrogen-bond donors (Lipinski definition) is 1. The molecule has 0 unspecified atom stereocenters. The number of primary amides is 1. The van der Waals surface area contributed by atoms with Crippen LogP contribution in [0.25, 0.3) is 5.65 Å². The van der Waals surface area contributed by atoms with Gasteiger partial charge in [-0.2, -0.15) is 5.10 Å². The Balaban J connectivity index is 2.01. The Morgan fingerprint density at radius 2 is 2.05 bits per heavy atom. The van der Waals surface area contributed by atoms with Crippen LogP contribution < -0.4 is 5.73 Å². The van der Waals surface area contributed by atoms with Crippen LogP contribution in [-0.4, -0.2) is 44.4 Å². The smallest absolute Gasteiger partial charge is 0.259 e. The van der Waals surface area contributed by atoms with Gasteiger partial charge < -0.3 is 10.6 Å². The summed E-state index contributed by atoms with van der Waals surface area (Å²) in [5, 5.41) is 4.42. The number of amides is 2. The van der Waals surface area contributed by atoms with Gasteiger partial charge in [-0.15, -0.1) is 0 Å². The lowest BCUT2D eigenvalue weighted by Gasteiger charge is -2.15. The second kappa shape index (κ2) is 5.08. The van der Waals surface area contributed by atoms with Gasteiger partial charge in [-0.25, -0.2) is 9.50 Å². The summed E-state index contributed by atoms with van der Waals surface area (Å²) in [5.74, 6) is -0.743. The van der Waals surface area contributed by atoms with Gasteiger partial charge in [0.25, 0.3) is 5.91 Å². The Hall–Kier alpha value is -2.44. The fourth-order valence-electron chi connectivity index (χ4n) is 3.01. The second-order valence-corrected chi connectivity index (χ2v) is 5.87. The molecular weight excluding hydrogens is 282 g/mol. The molecule has 0 aromatic carbocycles. The number of carbonyl (C=O) groups excluding carboxylic acids is 2. The van der Waals surface area contributed by atoms with Crippen LogP contribution in [-0.2, 0) is 4.79 Å². The number of nitrogens with zero attached hydrogens (tertiary/aromatic N) is 4. The predicted octanol–water partition coefficient (Wildman–Crippen LogP) is 0.602. The fraction of sp³-hybridized carbons (Fsp3) is 0.467. The molecule has 0 spiro atoms. The number of carbonyl (C=O) groups is 2. The van der Waals surface area contributed by atoms with Crippen molar-refractivity contribution in [2.75, 3.05) is 13.1 Å². The maximum atomic E-state index is 12.8. The molecule has 2 aromatic heterocycles. The lowest BCUT2D eigenvalue weighted by molar-refractivity contribution is -0.121. The van der Waals surface area contributed by atoms with Crippen molar-refractivity contribution in [3.05, 3.63) is 28.7 Å². The highest BCUT2D eigenvalue weighted by Gasteiger charge is 2.32. The van der Waals surface area contributed by atoms with Gasteiger partial charge in [-0.1, -0.05) is 0 Å². The molecule has 7 heteroatoms. The first-order valence-electron chi connectivity index (χ1n) is 7.30. The van der Waals surface area contributed by atoms with Gasteiger partial charge in [-0.3, -0.25) is 9.59 Å². The molecule has 3 rings (SSSR count). The van der Waals surface area contributed by atoms with Crippen LogP contribution >= 0.6 is 0 Å². The van der Waals surface area contributed by atoms with Gasteiger partial charge in [0.15, 0.2) is 5.65 Å². The number of rotatable bonds is 2. The molecule has 1 aliphatic rings. The van der Waals surface area contributed by atoms with Crippen molar-refractivity contribution in [2.45, 2.75) is 27.2 Å². The minimum Gasteiger partial charge on any atom is -0.369 e. The molecule has 2 aromatic rings. The van der Waals surface area contributed by atoms with Crippen molar-refractivity contribution in [3.8, 4) is 0 Å². The molecule has 3 heterocycles. The number of aromatic nitrogens is 3. The number of aryl methyl sites for hydroxylation is 3. The Kier molecular flexibility index (Phi) is 3.35. The van der Waals surface area contributed by atoms with E-state index in [1.807, 2.05) is 19.9 Å². The average Bonchev–Trinajstić information content (AvgIpc) is 3.03. The molecule has 1 saturated heterocycles. The van der Waals surface area contributed by atoms with Crippen LogP contribution in [0.1, 0.15) is 33.9 Å². The summed E-state index contributed by atoms with van der Waals surface area (Å²) in [7, 11) is 0. The quantitative estimate of drug-likeness (QED) is 0.879. The maximum absolute atomic E-state index is 12.8. The van der Waals surface area contributed by atoms with Crippen LogP contribution in [0.5, 0.6) is 0 Å². The summed E-state index contributed by atoms with van der Waals surface area (Å²) in [6.45, 7) is 6.53. The van der Waals surface area contributed by atoms with E-state index in [1.54, 1.807) is 16.3 Å². The summed E-state index contributed by atoms with van der Waals surface area (Å²) in [6, 6.07) is 1.92. The predicted molar refractivity (Wildman–Crippen MR) is 80.4 cm³/mol. The summed E-state index contributed by atoms with van der Waals surface area (Å²) in [5.41, 5.74) is 8.84. The molecule has 0 aliphatic carbocycles. The molecule has 1 atom stereocenters. The highest BCUT2D eigenvalue weighted by Crippen LogP contribution is 2.22. The van der Waals surface area contributed by atoms with Crippen molar-refractivity contribution in [1.82, 2.24) is 19.5 Å². The van der Waals surface area contributed by atoms with Gasteiger partial charge in [0, 0.05) is 24.5 Å². The van der Waals surface area contributed by atoms with Crippen molar-refractivity contribution in [1.29, 1.82) is 0 Å². The van der Waals surface area contributed by atoms with Crippen LogP contribution in [0, 0.1) is 26.7 Å². The Labute approximate surface area is 128 Å². The SMILES string of the molecule is Cc1cc(C)n2nc(C)c(C(=O)N3CC[C@H](C(N)=O)C3)c2n1. The van der Waals surface area contributed by atoms with Gasteiger partial charge in [0.2, 0.25) is 5.91 Å². The van der Waals surface area contributed by atoms with E-state index in [1.165, 1.54) is 0 Å². The summed E-state index contributed by atoms with van der Waals surface area (Å²) in [6.07, 6.45) is 0.616. The van der Waals surface area contributed by atoms with Crippen molar-refractivity contribution in [2.24, 2.45) is 11.7 Å². The van der Waals surface area contributed by atoms with Crippen LogP contribution in [0.15, 0.2) is 6.07 Å². The highest BCUT2D eigenvalue weighted by molar-refractivity contribution is 6.01. The molecule has 2 amide bonds. The Bertz CT molecular complexity index is 780. The Morgan fingerprint density at radius 3 is 2.68 bits per heavy atom. The third-order valence-corrected chi connectivity index (χ3v) is 4.16. The van der Waals surface area contributed by atoms with Crippen LogP contribution in [0.4, 0.5) is 0 Å². The lowest BCUT2D eigenvalue weighted by Crippen LogP contribution is -2.32.